The Balaban J connectivity index is 1.91. The number of carboxylic acids is 6. The van der Waals surface area contributed by atoms with Crippen molar-refractivity contribution in [3.05, 3.63) is 80.6 Å². The van der Waals surface area contributed by atoms with Gasteiger partial charge in [-0.15, -0.1) is 0 Å². The molecule has 0 fully saturated rings. The lowest BCUT2D eigenvalue weighted by Crippen LogP contribution is -2.46. The predicted octanol–water partition coefficient (Wildman–Crippen LogP) is 0.239. The molecule has 0 aliphatic carbocycles. The maximum Gasteiger partial charge on any atom is 0.352 e. The van der Waals surface area contributed by atoms with Gasteiger partial charge < -0.3 is 67.4 Å². The molecule has 26 heteroatoms. The Morgan fingerprint density at radius 2 is 1.19 bits per heavy atom. The van der Waals surface area contributed by atoms with E-state index in [1.165, 1.54) is 6.08 Å². The molecule has 0 saturated heterocycles. The third kappa shape index (κ3) is 28.2. The van der Waals surface area contributed by atoms with Crippen molar-refractivity contribution in [3.8, 4) is 0 Å². The van der Waals surface area contributed by atoms with E-state index in [2.05, 4.69) is 54.5 Å². The second-order valence-electron chi connectivity index (χ2n) is 16.2. The van der Waals surface area contributed by atoms with Gasteiger partial charge in [-0.2, -0.15) is 0 Å². The molecule has 0 aromatic heterocycles. The van der Waals surface area contributed by atoms with Crippen LogP contribution in [0.2, 0.25) is 0 Å². The van der Waals surface area contributed by atoms with Gasteiger partial charge in [0.25, 0.3) is 5.91 Å². The molecule has 0 aliphatic heterocycles. The molecule has 0 spiro atoms. The number of benzene rings is 2. The summed E-state index contributed by atoms with van der Waals surface area (Å²) in [5.41, 5.74) is 1.37. The number of urea groups is 1. The fourth-order valence-electron chi connectivity index (χ4n) is 6.64. The molecule has 0 saturated carbocycles. The number of halogens is 1. The van der Waals surface area contributed by atoms with Gasteiger partial charge in [0.1, 0.15) is 11.7 Å². The summed E-state index contributed by atoms with van der Waals surface area (Å²) in [6.45, 7) is 1.44. The van der Waals surface area contributed by atoms with E-state index in [1.807, 2.05) is 24.3 Å². The smallest absolute Gasteiger partial charge is 0.352 e. The highest BCUT2D eigenvalue weighted by molar-refractivity contribution is 14.1. The molecule has 1 atom stereocenters. The molecule has 396 valence electrons. The number of carbonyl (C=O) groups is 10. The maximum absolute atomic E-state index is 13.8. The van der Waals surface area contributed by atoms with Gasteiger partial charge in [-0.3, -0.25) is 43.4 Å². The van der Waals surface area contributed by atoms with Crippen molar-refractivity contribution < 1.29 is 78.6 Å². The zero-order valence-electron chi connectivity index (χ0n) is 39.6. The molecule has 0 bridgehead atoms. The van der Waals surface area contributed by atoms with E-state index in [4.69, 9.17) is 15.3 Å². The van der Waals surface area contributed by atoms with Crippen molar-refractivity contribution in [2.45, 2.75) is 64.1 Å². The van der Waals surface area contributed by atoms with E-state index in [0.29, 0.717) is 18.4 Å². The normalized spacial score (nSPS) is 11.6. The molecule has 5 amide bonds. The fourth-order valence-corrected chi connectivity index (χ4v) is 7.00. The topological polar surface area (TPSA) is 374 Å². The lowest BCUT2D eigenvalue weighted by Gasteiger charge is -2.26. The first-order chi connectivity index (χ1) is 34.2. The van der Waals surface area contributed by atoms with Crippen molar-refractivity contribution in [3.63, 3.8) is 0 Å². The third-order valence-electron chi connectivity index (χ3n) is 10.3. The van der Waals surface area contributed by atoms with Crippen LogP contribution >= 0.6 is 22.6 Å². The molecule has 0 aliphatic rings. The van der Waals surface area contributed by atoms with E-state index in [-0.39, 0.29) is 129 Å². The van der Waals surface area contributed by atoms with Crippen molar-refractivity contribution in [2.75, 3.05) is 78.5 Å². The van der Waals surface area contributed by atoms with Crippen LogP contribution in [0.1, 0.15) is 66.4 Å². The van der Waals surface area contributed by atoms with Gasteiger partial charge in [-0.05, 0) is 90.1 Å². The standard InChI is InChI=1S/C46H64IN9O16/c47-34-13-9-32(10-14-34)28-56(20-4-2-5-35(44(68)69)52-46(72)53-36(45(70)71)15-16-39(59)60)43(67)33-11-7-31(8-12-33)25-51-37(57)6-1-3-17-50-38(58)29-54(21-18-48-26-40(61)62)23-24-55(30-42(65)66)22-19-49-27-41(63)64/h5,7-14,36,48-49H,1-4,6,15-30H2,(H,50,58)(H,51,57)(H,59,60)(H,61,62)(H,63,64)(H,65,66)(H,68,69)(H,70,71)(H2,52,53,72)/b35-5+/t36-/m1/s1. The monoisotopic (exact) mass is 1130 g/mol. The van der Waals surface area contributed by atoms with Gasteiger partial charge in [-0.25, -0.2) is 14.4 Å². The summed E-state index contributed by atoms with van der Waals surface area (Å²) >= 11 is 2.16. The lowest BCUT2D eigenvalue weighted by molar-refractivity contribution is -0.141. The van der Waals surface area contributed by atoms with Crippen molar-refractivity contribution in [1.29, 1.82) is 0 Å². The number of carboxylic acid groups (broad SMARTS) is 6. The Labute approximate surface area is 428 Å². The van der Waals surface area contributed by atoms with Crippen LogP contribution in [0, 0.1) is 3.57 Å². The number of allylic oxidation sites excluding steroid dienone is 1. The van der Waals surface area contributed by atoms with Gasteiger partial charge in [0, 0.05) is 87.4 Å². The second kappa shape index (κ2) is 34.6. The van der Waals surface area contributed by atoms with E-state index < -0.39 is 66.4 Å². The number of hydrogen-bond donors (Lipinski definition) is 12. The minimum absolute atomic E-state index is 0.0580. The van der Waals surface area contributed by atoms with Gasteiger partial charge in [0.05, 0.1) is 26.2 Å². The Kier molecular flexibility index (Phi) is 29.5. The van der Waals surface area contributed by atoms with Crippen LogP contribution in [-0.2, 0) is 51.4 Å². The molecule has 2 rings (SSSR count). The molecule has 0 radical (unpaired) electrons. The zero-order valence-corrected chi connectivity index (χ0v) is 41.8. The molecular weight excluding hydrogens is 1060 g/mol. The number of aliphatic carboxylic acids is 6. The predicted molar refractivity (Wildman–Crippen MR) is 265 cm³/mol. The second-order valence-corrected chi connectivity index (χ2v) is 17.5. The summed E-state index contributed by atoms with van der Waals surface area (Å²) in [4.78, 5) is 124. The van der Waals surface area contributed by atoms with E-state index in [1.54, 1.807) is 39.0 Å². The first kappa shape index (κ1) is 61.4. The van der Waals surface area contributed by atoms with Crippen LogP contribution in [0.4, 0.5) is 4.79 Å². The number of amides is 5. The average molecular weight is 1130 g/mol. The third-order valence-corrected chi connectivity index (χ3v) is 11.1. The van der Waals surface area contributed by atoms with Crippen LogP contribution < -0.4 is 31.9 Å². The number of hydrogen-bond acceptors (Lipinski definition) is 14. The average Bonchev–Trinajstić information content (AvgIpc) is 3.31. The number of rotatable bonds is 38. The minimum Gasteiger partial charge on any atom is -0.481 e. The van der Waals surface area contributed by atoms with Crippen molar-refractivity contribution in [1.82, 2.24) is 46.6 Å². The summed E-state index contributed by atoms with van der Waals surface area (Å²) in [6, 6.07) is 11.5. The van der Waals surface area contributed by atoms with Gasteiger partial charge in [-0.1, -0.05) is 30.3 Å². The van der Waals surface area contributed by atoms with Crippen molar-refractivity contribution >= 4 is 82.2 Å². The highest BCUT2D eigenvalue weighted by Crippen LogP contribution is 2.15. The zero-order chi connectivity index (χ0) is 53.4. The van der Waals surface area contributed by atoms with E-state index >= 15 is 0 Å². The first-order valence-corrected chi connectivity index (χ1v) is 23.9. The Morgan fingerprint density at radius 1 is 0.597 bits per heavy atom. The SMILES string of the molecule is O=C(O)CC[C@@H](NC(=O)N/C(=C/CCCN(Cc1ccc(I)cc1)C(=O)c1ccc(CNC(=O)CCCCNC(=O)CN(CCNCC(=O)O)CCN(CCNCC(=O)O)CC(=O)O)cc1)C(=O)O)C(=O)O. The molecular formula is C46H64IN9O16. The molecule has 72 heavy (non-hydrogen) atoms. The number of nitrogens with zero attached hydrogens (tertiary/aromatic N) is 3. The Morgan fingerprint density at radius 3 is 1.75 bits per heavy atom. The molecule has 2 aromatic rings. The minimum atomic E-state index is -1.57. The molecule has 0 unspecified atom stereocenters. The summed E-state index contributed by atoms with van der Waals surface area (Å²) in [7, 11) is 0. The van der Waals surface area contributed by atoms with Gasteiger partial charge >= 0.3 is 41.8 Å². The lowest BCUT2D eigenvalue weighted by atomic mass is 10.1. The number of carbonyl (C=O) groups excluding carboxylic acids is 4. The summed E-state index contributed by atoms with van der Waals surface area (Å²) < 4.78 is 0.990. The molecule has 0 heterocycles. The van der Waals surface area contributed by atoms with Crippen LogP contribution in [-0.4, -0.2) is 189 Å². The van der Waals surface area contributed by atoms with E-state index in [0.717, 1.165) is 14.7 Å². The van der Waals surface area contributed by atoms with Gasteiger partial charge in [0.15, 0.2) is 0 Å². The number of nitrogens with one attached hydrogen (secondary N) is 6. The summed E-state index contributed by atoms with van der Waals surface area (Å²) in [5, 5.41) is 70.1. The molecule has 25 nitrogen and oxygen atoms in total. The first-order valence-electron chi connectivity index (χ1n) is 22.9. The summed E-state index contributed by atoms with van der Waals surface area (Å²) in [5.74, 6) is -8.32. The number of unbranched alkanes of at least 4 members (excludes halogenated alkanes) is 2. The summed E-state index contributed by atoms with van der Waals surface area (Å²) in [6.07, 6.45) is 1.75. The van der Waals surface area contributed by atoms with Crippen LogP contribution in [0.3, 0.4) is 0 Å². The van der Waals surface area contributed by atoms with E-state index in [9.17, 15) is 63.3 Å². The van der Waals surface area contributed by atoms with Crippen LogP contribution in [0.5, 0.6) is 0 Å². The largest absolute Gasteiger partial charge is 0.481 e. The van der Waals surface area contributed by atoms with Crippen molar-refractivity contribution in [2.24, 2.45) is 0 Å². The highest BCUT2D eigenvalue weighted by Gasteiger charge is 2.23. The Hall–Kier alpha value is -6.75. The van der Waals surface area contributed by atoms with Crippen LogP contribution in [0.15, 0.2) is 60.3 Å². The fraction of sp³-hybridized carbons (Fsp3) is 0.478. The maximum atomic E-state index is 13.8. The highest BCUT2D eigenvalue weighted by atomic mass is 127. The van der Waals surface area contributed by atoms with Gasteiger partial charge in [0.2, 0.25) is 11.8 Å². The quantitative estimate of drug-likeness (QED) is 0.0243. The molecule has 12 N–H and O–H groups in total. The van der Waals surface area contributed by atoms with Crippen LogP contribution in [0.25, 0.3) is 0 Å². The molecule has 2 aromatic carbocycles. The Bertz CT molecular complexity index is 2160.